The Morgan fingerprint density at radius 3 is 1.31 bits per heavy atom. The first-order valence-corrected chi connectivity index (χ1v) is 11.8. The highest BCUT2D eigenvalue weighted by atomic mass is 16.2. The zero-order valence-corrected chi connectivity index (χ0v) is 20.5. The van der Waals surface area contributed by atoms with Crippen LogP contribution >= 0.6 is 0 Å². The van der Waals surface area contributed by atoms with E-state index in [1.165, 1.54) is 24.3 Å². The van der Waals surface area contributed by atoms with E-state index in [0.29, 0.717) is 0 Å². The lowest BCUT2D eigenvalue weighted by Crippen LogP contribution is -2.55. The topological polar surface area (TPSA) is 121 Å². The highest BCUT2D eigenvalue weighted by Crippen LogP contribution is 2.29. The van der Waals surface area contributed by atoms with Crippen molar-refractivity contribution in [3.05, 3.63) is 70.8 Å². The van der Waals surface area contributed by atoms with Gasteiger partial charge >= 0.3 is 0 Å². The number of carbonyl (C=O) groups is 6. The number of Topliss-reactive ketones (excluding diaryl/α,β-unsaturated/α-hetero) is 1. The zero-order valence-electron chi connectivity index (χ0n) is 20.5. The summed E-state index contributed by atoms with van der Waals surface area (Å²) in [6, 6.07) is 10.5. The molecule has 1 N–H and O–H groups in total. The molecule has 2 atom stereocenters. The molecule has 0 radical (unpaired) electrons. The van der Waals surface area contributed by atoms with Crippen LogP contribution in [0, 0.1) is 11.8 Å². The van der Waals surface area contributed by atoms with Crippen LogP contribution in [0.2, 0.25) is 0 Å². The van der Waals surface area contributed by atoms with Gasteiger partial charge < -0.3 is 5.32 Å². The van der Waals surface area contributed by atoms with Crippen molar-refractivity contribution >= 4 is 35.3 Å². The van der Waals surface area contributed by atoms with Crippen molar-refractivity contribution in [1.82, 2.24) is 15.1 Å². The molecule has 186 valence electrons. The summed E-state index contributed by atoms with van der Waals surface area (Å²) in [5.41, 5.74) is 0.913. The van der Waals surface area contributed by atoms with Crippen LogP contribution in [0.15, 0.2) is 48.5 Å². The lowest BCUT2D eigenvalue weighted by molar-refractivity contribution is -0.130. The summed E-state index contributed by atoms with van der Waals surface area (Å²) >= 11 is 0. The molecule has 0 saturated carbocycles. The molecule has 5 amide bonds. The minimum absolute atomic E-state index is 0.225. The summed E-state index contributed by atoms with van der Waals surface area (Å²) in [6.45, 7) is 6.35. The van der Waals surface area contributed by atoms with E-state index >= 15 is 0 Å². The SMILES string of the molecule is CC(C)C(C(=O)CNC(=O)C(C(C)C)N1C(=O)c2ccccc2C1=O)N1C(=O)c2ccccc2C1=O. The fourth-order valence-corrected chi connectivity index (χ4v) is 4.84. The number of amides is 5. The van der Waals surface area contributed by atoms with Crippen LogP contribution in [0.3, 0.4) is 0 Å². The summed E-state index contributed by atoms with van der Waals surface area (Å²) in [5, 5.41) is 2.53. The first-order valence-electron chi connectivity index (χ1n) is 11.8. The first kappa shape index (κ1) is 25.0. The van der Waals surface area contributed by atoms with Gasteiger partial charge in [0.15, 0.2) is 5.78 Å². The van der Waals surface area contributed by atoms with Gasteiger partial charge in [0.05, 0.1) is 28.8 Å². The number of imide groups is 2. The monoisotopic (exact) mass is 489 g/mol. The van der Waals surface area contributed by atoms with Crippen molar-refractivity contribution in [2.45, 2.75) is 39.8 Å². The molecule has 2 aromatic carbocycles. The fraction of sp³-hybridized carbons (Fsp3) is 0.333. The van der Waals surface area contributed by atoms with Crippen molar-refractivity contribution in [2.75, 3.05) is 6.54 Å². The minimum atomic E-state index is -1.14. The number of rotatable bonds is 8. The smallest absolute Gasteiger partial charge is 0.262 e. The maximum absolute atomic E-state index is 13.2. The molecule has 0 spiro atoms. The largest absolute Gasteiger partial charge is 0.347 e. The van der Waals surface area contributed by atoms with Crippen LogP contribution in [0.5, 0.6) is 0 Å². The molecule has 0 aliphatic carbocycles. The molecule has 0 bridgehead atoms. The number of nitrogens with one attached hydrogen (secondary N) is 1. The second-order valence-corrected chi connectivity index (χ2v) is 9.61. The lowest BCUT2D eigenvalue weighted by atomic mass is 9.97. The molecule has 2 aliphatic heterocycles. The van der Waals surface area contributed by atoms with Gasteiger partial charge in [-0.15, -0.1) is 0 Å². The number of hydrogen-bond donors (Lipinski definition) is 1. The van der Waals surface area contributed by atoms with E-state index in [4.69, 9.17) is 0 Å². The summed E-state index contributed by atoms with van der Waals surface area (Å²) in [7, 11) is 0. The minimum Gasteiger partial charge on any atom is -0.347 e. The van der Waals surface area contributed by atoms with E-state index in [2.05, 4.69) is 5.32 Å². The highest BCUT2D eigenvalue weighted by Gasteiger charge is 2.46. The van der Waals surface area contributed by atoms with Gasteiger partial charge in [-0.1, -0.05) is 52.0 Å². The predicted octanol–water partition coefficient (Wildman–Crippen LogP) is 2.31. The van der Waals surface area contributed by atoms with Crippen LogP contribution in [-0.2, 0) is 9.59 Å². The molecular weight excluding hydrogens is 462 g/mol. The number of hydrogen-bond acceptors (Lipinski definition) is 6. The van der Waals surface area contributed by atoms with Gasteiger partial charge in [0.2, 0.25) is 5.91 Å². The average Bonchev–Trinajstić information content (AvgIpc) is 3.24. The van der Waals surface area contributed by atoms with Gasteiger partial charge in [0.1, 0.15) is 12.1 Å². The van der Waals surface area contributed by atoms with E-state index in [-0.39, 0.29) is 22.3 Å². The second kappa shape index (κ2) is 9.49. The van der Waals surface area contributed by atoms with Gasteiger partial charge in [0.25, 0.3) is 23.6 Å². The van der Waals surface area contributed by atoms with E-state index in [0.717, 1.165) is 9.80 Å². The number of fused-ring (bicyclic) bond motifs is 2. The normalized spacial score (nSPS) is 16.5. The van der Waals surface area contributed by atoms with Crippen LogP contribution in [0.4, 0.5) is 0 Å². The summed E-state index contributed by atoms with van der Waals surface area (Å²) in [5.74, 6) is -4.28. The Labute approximate surface area is 208 Å². The Hall–Kier alpha value is -4.14. The third-order valence-electron chi connectivity index (χ3n) is 6.51. The Morgan fingerprint density at radius 2 is 0.972 bits per heavy atom. The molecular formula is C27H27N3O6. The fourth-order valence-electron chi connectivity index (χ4n) is 4.84. The lowest BCUT2D eigenvalue weighted by Gasteiger charge is -2.30. The molecule has 4 rings (SSSR count). The van der Waals surface area contributed by atoms with E-state index in [1.54, 1.807) is 52.0 Å². The van der Waals surface area contributed by atoms with Crippen molar-refractivity contribution in [2.24, 2.45) is 11.8 Å². The Balaban J connectivity index is 1.51. The molecule has 2 heterocycles. The standard InChI is InChI=1S/C27H27N3O6/c1-14(2)21(29-24(33)16-9-5-6-10-17(16)25(29)34)20(31)13-28-23(32)22(15(3)4)30-26(35)18-11-7-8-12-19(18)27(30)36/h5-12,14-15,21-22H,13H2,1-4H3,(H,28,32). The maximum atomic E-state index is 13.2. The Kier molecular flexibility index (Phi) is 6.58. The summed E-state index contributed by atoms with van der Waals surface area (Å²) in [4.78, 5) is 80.0. The van der Waals surface area contributed by atoms with Crippen LogP contribution < -0.4 is 5.32 Å². The predicted molar refractivity (Wildman–Crippen MR) is 129 cm³/mol. The van der Waals surface area contributed by atoms with E-state index in [9.17, 15) is 28.8 Å². The Morgan fingerprint density at radius 1 is 0.639 bits per heavy atom. The summed E-state index contributed by atoms with van der Waals surface area (Å²) < 4.78 is 0. The third-order valence-corrected chi connectivity index (χ3v) is 6.51. The molecule has 0 saturated heterocycles. The number of nitrogens with zero attached hydrogens (tertiary/aromatic N) is 2. The van der Waals surface area contributed by atoms with Gasteiger partial charge in [-0.05, 0) is 36.1 Å². The van der Waals surface area contributed by atoms with Gasteiger partial charge in [0, 0.05) is 0 Å². The van der Waals surface area contributed by atoms with Crippen molar-refractivity contribution < 1.29 is 28.8 Å². The van der Waals surface area contributed by atoms with E-state index in [1.807, 2.05) is 0 Å². The Bertz CT molecular complexity index is 1130. The van der Waals surface area contributed by atoms with Crippen molar-refractivity contribution in [1.29, 1.82) is 0 Å². The highest BCUT2D eigenvalue weighted by molar-refractivity contribution is 6.24. The quantitative estimate of drug-likeness (QED) is 0.568. The first-order chi connectivity index (χ1) is 17.1. The molecule has 9 heteroatoms. The second-order valence-electron chi connectivity index (χ2n) is 9.61. The van der Waals surface area contributed by atoms with Crippen LogP contribution in [0.1, 0.15) is 69.1 Å². The summed E-state index contributed by atoms with van der Waals surface area (Å²) in [6.07, 6.45) is 0. The van der Waals surface area contributed by atoms with E-state index < -0.39 is 65.8 Å². The molecule has 2 unspecified atom stereocenters. The average molecular weight is 490 g/mol. The van der Waals surface area contributed by atoms with Gasteiger partial charge in [-0.3, -0.25) is 38.6 Å². The third kappa shape index (κ3) is 4.00. The van der Waals surface area contributed by atoms with Crippen molar-refractivity contribution in [3.8, 4) is 0 Å². The molecule has 2 aromatic rings. The van der Waals surface area contributed by atoms with Crippen LogP contribution in [-0.4, -0.2) is 63.7 Å². The van der Waals surface area contributed by atoms with Gasteiger partial charge in [-0.25, -0.2) is 0 Å². The number of benzene rings is 2. The molecule has 0 fully saturated rings. The van der Waals surface area contributed by atoms with Crippen LogP contribution in [0.25, 0.3) is 0 Å². The maximum Gasteiger partial charge on any atom is 0.262 e. The molecule has 0 aromatic heterocycles. The number of carbonyl (C=O) groups excluding carboxylic acids is 6. The van der Waals surface area contributed by atoms with Crippen molar-refractivity contribution in [3.63, 3.8) is 0 Å². The molecule has 9 nitrogen and oxygen atoms in total. The van der Waals surface area contributed by atoms with Gasteiger partial charge in [-0.2, -0.15) is 0 Å². The number of ketones is 1. The zero-order chi connectivity index (χ0) is 26.3. The molecule has 36 heavy (non-hydrogen) atoms. The molecule has 2 aliphatic rings.